The Hall–Kier alpha value is 2.58. The van der Waals surface area contributed by atoms with Crippen molar-refractivity contribution in [2.45, 2.75) is 6.04 Å². The van der Waals surface area contributed by atoms with E-state index in [4.69, 9.17) is 5.73 Å². The van der Waals surface area contributed by atoms with E-state index in [-0.39, 0.29) is 0 Å². The number of alkyl halides is 6. The number of hydrogen-bond acceptors (Lipinski definition) is 2. The number of nitrogens with zero attached hydrogens (tertiary/aromatic N) is 1. The van der Waals surface area contributed by atoms with Crippen LogP contribution in [-0.4, -0.2) is 42.9 Å². The van der Waals surface area contributed by atoms with Crippen molar-refractivity contribution < 1.29 is 63.9 Å². The van der Waals surface area contributed by atoms with Crippen LogP contribution in [0.3, 0.4) is 0 Å². The van der Waals surface area contributed by atoms with E-state index in [1.165, 1.54) is 22.3 Å². The van der Waals surface area contributed by atoms with Gasteiger partial charge in [-0.25, -0.2) is 0 Å². The van der Waals surface area contributed by atoms with Gasteiger partial charge in [0.05, 0.1) is 0 Å². The zero-order chi connectivity index (χ0) is 12.5. The van der Waals surface area contributed by atoms with Crippen molar-refractivity contribution in [3.63, 3.8) is 0 Å². The van der Waals surface area contributed by atoms with Gasteiger partial charge in [-0.1, -0.05) is 0 Å². The van der Waals surface area contributed by atoms with Crippen molar-refractivity contribution in [2.24, 2.45) is 11.7 Å². The molecule has 6 heteroatoms. The Morgan fingerprint density at radius 2 is 2.47 bits per heavy atom. The van der Waals surface area contributed by atoms with Crippen LogP contribution in [-0.2, 0) is 0 Å². The molecule has 1 aliphatic rings. The first-order valence-electron chi connectivity index (χ1n) is 5.59. The summed E-state index contributed by atoms with van der Waals surface area (Å²) in [5, 5.41) is 0. The van der Waals surface area contributed by atoms with Gasteiger partial charge in [-0.2, -0.15) is 0 Å². The number of hydrogen-bond donors (Lipinski definition) is 1. The van der Waals surface area contributed by atoms with E-state index in [1.54, 1.807) is 0 Å². The van der Waals surface area contributed by atoms with Gasteiger partial charge < -0.3 is 0 Å². The molecule has 2 nitrogen and oxygen atoms in total. The molecular weight excluding hydrogens is 668 g/mol. The summed E-state index contributed by atoms with van der Waals surface area (Å²) in [6, 6.07) is 0.820. The molecule has 1 rings (SSSR count). The predicted molar refractivity (Wildman–Crippen MR) is 71.6 cm³/mol. The number of allylic oxidation sites excluding steroid dienone is 1. The normalized spacial score (nSPS) is 23.8. The average molecular weight is 689 g/mol. The summed E-state index contributed by atoms with van der Waals surface area (Å²) in [7, 11) is 0. The Bertz CT molecular complexity index is 226. The molecule has 106 valence electrons. The van der Waals surface area contributed by atoms with Crippen molar-refractivity contribution in [2.75, 3.05) is 33.7 Å². The fourth-order valence-corrected chi connectivity index (χ4v) is 11.6. The third-order valence-electron chi connectivity index (χ3n) is 2.33. The third-order valence-corrected chi connectivity index (χ3v) is 12.6. The van der Waals surface area contributed by atoms with Crippen LogP contribution in [0, 0.1) is 5.92 Å². The first kappa shape index (κ1) is 17.6. The Morgan fingerprint density at radius 1 is 1.65 bits per heavy atom. The zero-order valence-electron chi connectivity index (χ0n) is 10.1. The quantitative estimate of drug-likeness (QED) is 0.0653. The van der Waals surface area contributed by atoms with Crippen molar-refractivity contribution in [3.8, 4) is 0 Å². The Morgan fingerprint density at radius 3 is 3.00 bits per heavy atom. The molecule has 0 saturated carbocycles. The van der Waals surface area contributed by atoms with E-state index in [2.05, 4.69) is 42.8 Å². The second kappa shape index (κ2) is 11.3. The van der Waals surface area contributed by atoms with Crippen LogP contribution >= 0.6 is 22.6 Å². The fourth-order valence-electron chi connectivity index (χ4n) is 1.35. The standard InChI is InChI=1S/C11H21I4N2/c1-13-9-17-11(8-15-17)3-2-10(6-12)7-14-4-5-16/h2-3,10-11H,4-9,16H2,1H3/q-3/b3-2-/t10?,11-/m0/s1. The van der Waals surface area contributed by atoms with Gasteiger partial charge >= 0.3 is 153 Å². The molecule has 2 N–H and O–H groups in total. The molecule has 17 heavy (non-hydrogen) atoms. The molecule has 1 saturated heterocycles. The Kier molecular flexibility index (Phi) is 11.7. The molecule has 0 amide bonds. The van der Waals surface area contributed by atoms with Gasteiger partial charge in [0.25, 0.3) is 0 Å². The van der Waals surface area contributed by atoms with E-state index in [0.29, 0.717) is 63.9 Å². The summed E-state index contributed by atoms with van der Waals surface area (Å²) in [6.45, 7) is 0.895. The van der Waals surface area contributed by atoms with Crippen LogP contribution in [0.25, 0.3) is 0 Å². The molecule has 1 unspecified atom stereocenters. The molecule has 0 bridgehead atoms. The van der Waals surface area contributed by atoms with Gasteiger partial charge in [-0.05, 0) is 0 Å². The van der Waals surface area contributed by atoms with Gasteiger partial charge in [0.2, 0.25) is 0 Å². The van der Waals surface area contributed by atoms with Crippen molar-refractivity contribution in [3.05, 3.63) is 12.2 Å². The van der Waals surface area contributed by atoms with Crippen molar-refractivity contribution in [1.82, 2.24) is 3.11 Å². The molecule has 1 aliphatic heterocycles. The summed E-state index contributed by atoms with van der Waals surface area (Å²) in [4.78, 5) is 2.40. The topological polar surface area (TPSA) is 29.3 Å². The molecular formula is C11H21I4N2-3. The van der Waals surface area contributed by atoms with Crippen LogP contribution < -0.4 is 69.6 Å². The number of nitrogens with two attached hydrogens (primary N) is 1. The van der Waals surface area contributed by atoms with Gasteiger partial charge in [0.15, 0.2) is 0 Å². The van der Waals surface area contributed by atoms with E-state index >= 15 is 0 Å². The Labute approximate surface area is 151 Å². The number of halogens is 4. The van der Waals surface area contributed by atoms with Crippen molar-refractivity contribution >= 4 is 22.6 Å². The van der Waals surface area contributed by atoms with Crippen LogP contribution in [0.4, 0.5) is 0 Å². The summed E-state index contributed by atoms with van der Waals surface area (Å²) in [6.07, 6.45) is 5.02. The predicted octanol–water partition coefficient (Wildman–Crippen LogP) is -7.99. The first-order chi connectivity index (χ1) is 8.31. The van der Waals surface area contributed by atoms with Crippen LogP contribution in [0.1, 0.15) is 0 Å². The first-order valence-corrected chi connectivity index (χ1v) is 16.3. The fraction of sp³-hybridized carbons (Fsp3) is 0.818. The second-order valence-electron chi connectivity index (χ2n) is 3.75. The monoisotopic (exact) mass is 689 g/mol. The zero-order valence-corrected chi connectivity index (χ0v) is 18.7. The Balaban J connectivity index is 2.24. The number of rotatable bonds is 9. The summed E-state index contributed by atoms with van der Waals surface area (Å²) in [5.74, 6) is 0.826. The SMILES string of the molecule is C[I-]CN1[I-]C[C@@H]1/C=C\C(CI)C[I-]CCN. The maximum absolute atomic E-state index is 5.57. The van der Waals surface area contributed by atoms with Gasteiger partial charge in [0.1, 0.15) is 0 Å². The molecule has 1 heterocycles. The van der Waals surface area contributed by atoms with Crippen molar-refractivity contribution in [1.29, 1.82) is 0 Å². The van der Waals surface area contributed by atoms with Gasteiger partial charge in [-0.3, -0.25) is 0 Å². The van der Waals surface area contributed by atoms with Crippen LogP contribution in [0.5, 0.6) is 0 Å². The van der Waals surface area contributed by atoms with E-state index in [9.17, 15) is 0 Å². The molecule has 0 radical (unpaired) electrons. The molecule has 0 aliphatic carbocycles. The maximum atomic E-state index is 5.57. The third kappa shape index (κ3) is 7.23. The van der Waals surface area contributed by atoms with E-state index in [0.717, 1.165) is 18.5 Å². The van der Waals surface area contributed by atoms with Crippen LogP contribution in [0.15, 0.2) is 12.2 Å². The van der Waals surface area contributed by atoms with Crippen LogP contribution in [0.2, 0.25) is 0 Å². The van der Waals surface area contributed by atoms with Gasteiger partial charge in [-0.15, -0.1) is 0 Å². The molecule has 0 aromatic carbocycles. The summed E-state index contributed by atoms with van der Waals surface area (Å²) < 4.78 is 9.67. The summed E-state index contributed by atoms with van der Waals surface area (Å²) >= 11 is 3.77. The molecule has 0 aromatic rings. The molecule has 1 fully saturated rings. The minimum absolute atomic E-state index is 0.359. The second-order valence-corrected chi connectivity index (χ2v) is 12.7. The minimum atomic E-state index is 0.359. The van der Waals surface area contributed by atoms with E-state index < -0.39 is 0 Å². The summed E-state index contributed by atoms with van der Waals surface area (Å²) in [5.41, 5.74) is 5.57. The van der Waals surface area contributed by atoms with E-state index in [1.807, 2.05) is 0 Å². The molecule has 2 atom stereocenters. The molecule has 0 aromatic heterocycles. The molecule has 0 spiro atoms. The average Bonchev–Trinajstić information content (AvgIpc) is 2.33. The van der Waals surface area contributed by atoms with Gasteiger partial charge in [0, 0.05) is 0 Å².